The zero-order valence-corrected chi connectivity index (χ0v) is 32.3. The SMILES string of the molecule is c1ccc(C2=NC(c3ccccc3)NC(c3ccc4sc5ccc(-c6ccc7sc8c(-n9c%10ccccc%10c%10ccccc%109)cccc8c7c6)cc5c4c3)N2)cc1. The summed E-state index contributed by atoms with van der Waals surface area (Å²) in [4.78, 5) is 5.12. The van der Waals surface area contributed by atoms with Gasteiger partial charge >= 0.3 is 0 Å². The summed E-state index contributed by atoms with van der Waals surface area (Å²) in [5.41, 5.74) is 9.56. The fourth-order valence-electron chi connectivity index (χ4n) is 8.75. The molecule has 0 spiro atoms. The minimum absolute atomic E-state index is 0.118. The van der Waals surface area contributed by atoms with Gasteiger partial charge in [-0.1, -0.05) is 127 Å². The van der Waals surface area contributed by atoms with Crippen LogP contribution in [0.25, 0.3) is 79.0 Å². The molecule has 12 rings (SSSR count). The molecule has 270 valence electrons. The lowest BCUT2D eigenvalue weighted by Crippen LogP contribution is -2.44. The van der Waals surface area contributed by atoms with E-state index in [0.29, 0.717) is 0 Å². The van der Waals surface area contributed by atoms with Crippen LogP contribution in [0.4, 0.5) is 0 Å². The van der Waals surface area contributed by atoms with Crippen molar-refractivity contribution >= 4 is 90.7 Å². The van der Waals surface area contributed by atoms with Crippen LogP contribution in [-0.4, -0.2) is 10.4 Å². The van der Waals surface area contributed by atoms with E-state index < -0.39 is 0 Å². The van der Waals surface area contributed by atoms with Gasteiger partial charge in [0.05, 0.1) is 21.4 Å². The van der Waals surface area contributed by atoms with Crippen molar-refractivity contribution in [3.05, 3.63) is 199 Å². The molecule has 1 aliphatic rings. The first kappa shape index (κ1) is 32.7. The molecule has 57 heavy (non-hydrogen) atoms. The summed E-state index contributed by atoms with van der Waals surface area (Å²) in [6.45, 7) is 0. The van der Waals surface area contributed by atoms with Crippen molar-refractivity contribution in [2.45, 2.75) is 12.3 Å². The Morgan fingerprint density at radius 3 is 1.74 bits per heavy atom. The minimum Gasteiger partial charge on any atom is -0.350 e. The number of benzene rings is 8. The normalized spacial score (nSPS) is 15.9. The average molecular weight is 767 g/mol. The van der Waals surface area contributed by atoms with Gasteiger partial charge < -0.3 is 9.88 Å². The van der Waals surface area contributed by atoms with Gasteiger partial charge in [-0.2, -0.15) is 0 Å². The van der Waals surface area contributed by atoms with E-state index in [-0.39, 0.29) is 12.3 Å². The average Bonchev–Trinajstić information content (AvgIpc) is 3.96. The molecule has 0 saturated carbocycles. The molecule has 0 aliphatic carbocycles. The Kier molecular flexibility index (Phi) is 7.45. The highest BCUT2D eigenvalue weighted by Crippen LogP contribution is 2.43. The molecule has 0 radical (unpaired) electrons. The molecule has 2 atom stereocenters. The smallest absolute Gasteiger partial charge is 0.131 e. The van der Waals surface area contributed by atoms with Crippen LogP contribution in [0.1, 0.15) is 29.0 Å². The van der Waals surface area contributed by atoms with Crippen LogP contribution in [0.2, 0.25) is 0 Å². The third-order valence-electron chi connectivity index (χ3n) is 11.5. The van der Waals surface area contributed by atoms with E-state index >= 15 is 0 Å². The summed E-state index contributed by atoms with van der Waals surface area (Å²) in [5, 5.41) is 15.2. The Bertz CT molecular complexity index is 3320. The van der Waals surface area contributed by atoms with Gasteiger partial charge in [0, 0.05) is 52.0 Å². The number of aliphatic imine (C=N–C) groups is 1. The maximum absolute atomic E-state index is 5.12. The van der Waals surface area contributed by atoms with E-state index in [1.807, 2.05) is 28.7 Å². The highest BCUT2D eigenvalue weighted by Gasteiger charge is 2.26. The van der Waals surface area contributed by atoms with E-state index in [4.69, 9.17) is 4.99 Å². The standard InChI is InChI=1S/C51H34N4S2/c1-3-12-31(13-4-1)49-52-50(32-14-5-2-6-15-32)54-51(53-49)35-24-27-46-41(30-35)40-29-34(22-25-45(40)56-46)33-23-26-47-39(28-33)38-18-11-21-44(48(38)57-47)55-42-19-9-7-16-36(42)37-17-8-10-20-43(37)55/h1-30,49,51,53H,(H,52,54). The molecule has 11 aromatic rings. The van der Waals surface area contributed by atoms with Crippen molar-refractivity contribution in [2.75, 3.05) is 0 Å². The molecule has 4 heterocycles. The summed E-state index contributed by atoms with van der Waals surface area (Å²) >= 11 is 3.74. The van der Waals surface area contributed by atoms with Gasteiger partial charge in [-0.05, 0) is 76.9 Å². The van der Waals surface area contributed by atoms with Crippen LogP contribution in [0.3, 0.4) is 0 Å². The summed E-state index contributed by atoms with van der Waals surface area (Å²) in [6, 6.07) is 66.1. The lowest BCUT2D eigenvalue weighted by atomic mass is 9.99. The van der Waals surface area contributed by atoms with Gasteiger partial charge in [0.2, 0.25) is 0 Å². The topological polar surface area (TPSA) is 41.4 Å². The van der Waals surface area contributed by atoms with Gasteiger partial charge in [0.25, 0.3) is 0 Å². The number of thiophene rings is 2. The Morgan fingerprint density at radius 1 is 0.439 bits per heavy atom. The summed E-state index contributed by atoms with van der Waals surface area (Å²) in [7, 11) is 0. The third-order valence-corrected chi connectivity index (χ3v) is 13.8. The quantitative estimate of drug-likeness (QED) is 0.183. The number of hydrogen-bond donors (Lipinski definition) is 2. The Hall–Kier alpha value is -6.57. The highest BCUT2D eigenvalue weighted by atomic mass is 32.1. The van der Waals surface area contributed by atoms with Crippen molar-refractivity contribution in [1.29, 1.82) is 0 Å². The molecule has 0 amide bonds. The van der Waals surface area contributed by atoms with Gasteiger partial charge in [0.1, 0.15) is 18.2 Å². The first-order chi connectivity index (χ1) is 28.2. The molecular formula is C51H34N4S2. The van der Waals surface area contributed by atoms with Gasteiger partial charge in [-0.25, -0.2) is 4.99 Å². The van der Waals surface area contributed by atoms with Crippen molar-refractivity contribution in [3.63, 3.8) is 0 Å². The van der Waals surface area contributed by atoms with Crippen LogP contribution in [0.5, 0.6) is 0 Å². The first-order valence-corrected chi connectivity index (χ1v) is 21.0. The fourth-order valence-corrected chi connectivity index (χ4v) is 11.0. The number of rotatable bonds is 5. The number of aromatic nitrogens is 1. The van der Waals surface area contributed by atoms with Crippen LogP contribution in [0, 0.1) is 0 Å². The summed E-state index contributed by atoms with van der Waals surface area (Å²) in [5.74, 6) is 0.893. The largest absolute Gasteiger partial charge is 0.350 e. The molecule has 0 fully saturated rings. The molecule has 2 N–H and O–H groups in total. The summed E-state index contributed by atoms with van der Waals surface area (Å²) < 4.78 is 7.64. The predicted molar refractivity (Wildman–Crippen MR) is 243 cm³/mol. The number of para-hydroxylation sites is 2. The number of nitrogens with one attached hydrogen (secondary N) is 2. The monoisotopic (exact) mass is 766 g/mol. The Morgan fingerprint density at radius 2 is 1.02 bits per heavy atom. The van der Waals surface area contributed by atoms with Crippen LogP contribution < -0.4 is 10.6 Å². The first-order valence-electron chi connectivity index (χ1n) is 19.3. The predicted octanol–water partition coefficient (Wildman–Crippen LogP) is 13.5. The molecule has 1 aliphatic heterocycles. The van der Waals surface area contributed by atoms with E-state index in [9.17, 15) is 0 Å². The fraction of sp³-hybridized carbons (Fsp3) is 0.0392. The van der Waals surface area contributed by atoms with Crippen molar-refractivity contribution in [3.8, 4) is 16.8 Å². The molecular weight excluding hydrogens is 733 g/mol. The second-order valence-electron chi connectivity index (χ2n) is 14.8. The molecule has 3 aromatic heterocycles. The second kappa shape index (κ2) is 13.0. The van der Waals surface area contributed by atoms with Crippen LogP contribution in [0.15, 0.2) is 187 Å². The van der Waals surface area contributed by atoms with Crippen molar-refractivity contribution in [1.82, 2.24) is 15.2 Å². The maximum atomic E-state index is 5.12. The molecule has 0 saturated heterocycles. The third kappa shape index (κ3) is 5.33. The Balaban J connectivity index is 0.944. The number of amidine groups is 1. The second-order valence-corrected chi connectivity index (χ2v) is 16.9. The molecule has 4 nitrogen and oxygen atoms in total. The zero-order chi connectivity index (χ0) is 37.5. The van der Waals surface area contributed by atoms with E-state index in [1.165, 1.54) is 84.5 Å². The molecule has 2 unspecified atom stereocenters. The van der Waals surface area contributed by atoms with Crippen LogP contribution >= 0.6 is 22.7 Å². The number of nitrogens with zero attached hydrogens (tertiary/aromatic N) is 2. The van der Waals surface area contributed by atoms with Gasteiger partial charge in [-0.3, -0.25) is 5.32 Å². The lowest BCUT2D eigenvalue weighted by Gasteiger charge is -2.32. The number of hydrogen-bond acceptors (Lipinski definition) is 5. The molecule has 8 aromatic carbocycles. The minimum atomic E-state index is -0.171. The van der Waals surface area contributed by atoms with Gasteiger partial charge in [0.15, 0.2) is 0 Å². The lowest BCUT2D eigenvalue weighted by molar-refractivity contribution is 0.409. The zero-order valence-electron chi connectivity index (χ0n) is 30.7. The number of fused-ring (bicyclic) bond motifs is 9. The molecule has 0 bridgehead atoms. The highest BCUT2D eigenvalue weighted by molar-refractivity contribution is 7.26. The molecule has 6 heteroatoms. The van der Waals surface area contributed by atoms with Crippen LogP contribution in [-0.2, 0) is 0 Å². The van der Waals surface area contributed by atoms with E-state index in [2.05, 4.69) is 191 Å². The Labute approximate surface area is 337 Å². The van der Waals surface area contributed by atoms with E-state index in [0.717, 1.165) is 17.0 Å². The summed E-state index contributed by atoms with van der Waals surface area (Å²) in [6.07, 6.45) is -0.289. The van der Waals surface area contributed by atoms with Crippen molar-refractivity contribution in [2.24, 2.45) is 4.99 Å². The van der Waals surface area contributed by atoms with Gasteiger partial charge in [-0.15, -0.1) is 22.7 Å². The maximum Gasteiger partial charge on any atom is 0.131 e. The van der Waals surface area contributed by atoms with Crippen molar-refractivity contribution < 1.29 is 0 Å². The van der Waals surface area contributed by atoms with E-state index in [1.54, 1.807) is 0 Å².